The number of nitrogens with zero attached hydrogens (tertiary/aromatic N) is 1. The van der Waals surface area contributed by atoms with Crippen LogP contribution in [0.15, 0.2) is 24.3 Å². The third-order valence-electron chi connectivity index (χ3n) is 2.66. The molecule has 3 nitrogen and oxygen atoms in total. The van der Waals surface area contributed by atoms with Crippen molar-refractivity contribution in [3.63, 3.8) is 0 Å². The Balaban J connectivity index is 2.39. The fourth-order valence-electron chi connectivity index (χ4n) is 1.99. The van der Waals surface area contributed by atoms with E-state index in [0.29, 0.717) is 6.54 Å². The van der Waals surface area contributed by atoms with Crippen molar-refractivity contribution in [2.45, 2.75) is 19.4 Å². The predicted octanol–water partition coefficient (Wildman–Crippen LogP) is 0.926. The third-order valence-corrected chi connectivity index (χ3v) is 2.66. The topological polar surface area (TPSA) is 46.3 Å². The maximum absolute atomic E-state index is 11.8. The predicted molar refractivity (Wildman–Crippen MR) is 63.9 cm³/mol. The van der Waals surface area contributed by atoms with Gasteiger partial charge in [-0.1, -0.05) is 24.1 Å². The fraction of sp³-hybridized carbons (Fsp3) is 0.308. The largest absolute Gasteiger partial charge is 0.326 e. The molecule has 1 amide bonds. The van der Waals surface area contributed by atoms with Crippen molar-refractivity contribution in [2.75, 3.05) is 11.4 Å². The summed E-state index contributed by atoms with van der Waals surface area (Å²) in [5.74, 6) is 5.01. The lowest BCUT2D eigenvalue weighted by Gasteiger charge is -2.31. The minimum absolute atomic E-state index is 0.00231. The summed E-state index contributed by atoms with van der Waals surface area (Å²) in [7, 11) is 0. The number of benzene rings is 1. The fourth-order valence-corrected chi connectivity index (χ4v) is 1.99. The number of anilines is 1. The quantitative estimate of drug-likeness (QED) is 0.653. The SMILES string of the molecule is CC#CC(=O)N1CC(N)Cc2ccccc21. The zero-order valence-electron chi connectivity index (χ0n) is 9.23. The smallest absolute Gasteiger partial charge is 0.302 e. The van der Waals surface area contributed by atoms with Crippen LogP contribution in [0, 0.1) is 11.8 Å². The van der Waals surface area contributed by atoms with E-state index in [1.54, 1.807) is 11.8 Å². The molecule has 1 unspecified atom stereocenters. The molecule has 1 atom stereocenters. The summed E-state index contributed by atoms with van der Waals surface area (Å²) in [6.45, 7) is 2.21. The van der Waals surface area contributed by atoms with Crippen LogP contribution >= 0.6 is 0 Å². The van der Waals surface area contributed by atoms with E-state index in [9.17, 15) is 4.79 Å². The Bertz CT molecular complexity index is 470. The highest BCUT2D eigenvalue weighted by Crippen LogP contribution is 2.26. The molecule has 16 heavy (non-hydrogen) atoms. The number of amides is 1. The lowest BCUT2D eigenvalue weighted by molar-refractivity contribution is -0.113. The molecule has 82 valence electrons. The molecule has 1 aliphatic heterocycles. The van der Waals surface area contributed by atoms with Crippen LogP contribution in [0.3, 0.4) is 0 Å². The van der Waals surface area contributed by atoms with Gasteiger partial charge in [-0.3, -0.25) is 9.69 Å². The number of hydrogen-bond donors (Lipinski definition) is 1. The molecule has 0 aliphatic carbocycles. The van der Waals surface area contributed by atoms with Gasteiger partial charge in [0.15, 0.2) is 0 Å². The first kappa shape index (κ1) is 10.7. The van der Waals surface area contributed by atoms with E-state index in [-0.39, 0.29) is 11.9 Å². The molecule has 0 saturated heterocycles. The molecule has 0 radical (unpaired) electrons. The lowest BCUT2D eigenvalue weighted by Crippen LogP contribution is -2.45. The van der Waals surface area contributed by atoms with E-state index in [0.717, 1.165) is 17.7 Å². The van der Waals surface area contributed by atoms with Gasteiger partial charge < -0.3 is 5.73 Å². The highest BCUT2D eigenvalue weighted by Gasteiger charge is 2.25. The molecule has 1 aromatic carbocycles. The summed E-state index contributed by atoms with van der Waals surface area (Å²) in [5, 5.41) is 0. The van der Waals surface area contributed by atoms with Crippen molar-refractivity contribution in [1.29, 1.82) is 0 Å². The van der Waals surface area contributed by atoms with E-state index in [2.05, 4.69) is 11.8 Å². The first-order valence-electron chi connectivity index (χ1n) is 5.30. The van der Waals surface area contributed by atoms with Gasteiger partial charge in [-0.2, -0.15) is 0 Å². The number of fused-ring (bicyclic) bond motifs is 1. The van der Waals surface area contributed by atoms with Crippen LogP contribution in [0.2, 0.25) is 0 Å². The summed E-state index contributed by atoms with van der Waals surface area (Å²) < 4.78 is 0. The molecule has 1 aliphatic rings. The summed E-state index contributed by atoms with van der Waals surface area (Å²) in [6.07, 6.45) is 0.819. The molecule has 1 heterocycles. The Labute approximate surface area is 95.2 Å². The summed E-state index contributed by atoms with van der Waals surface area (Å²) in [5.41, 5.74) is 7.99. The number of nitrogens with two attached hydrogens (primary N) is 1. The molecule has 0 fully saturated rings. The van der Waals surface area contributed by atoms with Gasteiger partial charge in [0, 0.05) is 18.3 Å². The average molecular weight is 214 g/mol. The van der Waals surface area contributed by atoms with Crippen LogP contribution in [0.25, 0.3) is 0 Å². The van der Waals surface area contributed by atoms with Gasteiger partial charge >= 0.3 is 5.91 Å². The van der Waals surface area contributed by atoms with E-state index in [1.807, 2.05) is 24.3 Å². The van der Waals surface area contributed by atoms with Gasteiger partial charge in [0.25, 0.3) is 0 Å². The molecule has 0 spiro atoms. The van der Waals surface area contributed by atoms with Crippen molar-refractivity contribution in [2.24, 2.45) is 5.73 Å². The Hall–Kier alpha value is -1.79. The molecule has 2 rings (SSSR count). The third kappa shape index (κ3) is 1.93. The van der Waals surface area contributed by atoms with Crippen LogP contribution in [0.5, 0.6) is 0 Å². The highest BCUT2D eigenvalue weighted by atomic mass is 16.2. The Kier molecular flexibility index (Phi) is 2.93. The van der Waals surface area contributed by atoms with E-state index in [1.165, 1.54) is 0 Å². The Morgan fingerprint density at radius 3 is 3.00 bits per heavy atom. The van der Waals surface area contributed by atoms with Crippen LogP contribution < -0.4 is 10.6 Å². The van der Waals surface area contributed by atoms with Crippen molar-refractivity contribution < 1.29 is 4.79 Å². The zero-order chi connectivity index (χ0) is 11.5. The first-order valence-corrected chi connectivity index (χ1v) is 5.30. The number of carbonyl (C=O) groups excluding carboxylic acids is 1. The Morgan fingerprint density at radius 2 is 2.25 bits per heavy atom. The first-order chi connectivity index (χ1) is 7.72. The van der Waals surface area contributed by atoms with Crippen LogP contribution in [0.4, 0.5) is 5.69 Å². The van der Waals surface area contributed by atoms with Gasteiger partial charge in [-0.15, -0.1) is 0 Å². The second-order valence-corrected chi connectivity index (χ2v) is 3.88. The van der Waals surface area contributed by atoms with Crippen molar-refractivity contribution >= 4 is 11.6 Å². The molecule has 0 aromatic heterocycles. The Morgan fingerprint density at radius 1 is 1.50 bits per heavy atom. The van der Waals surface area contributed by atoms with Crippen molar-refractivity contribution in [3.8, 4) is 11.8 Å². The summed E-state index contributed by atoms with van der Waals surface area (Å²) in [4.78, 5) is 13.5. The van der Waals surface area contributed by atoms with E-state index >= 15 is 0 Å². The number of carbonyl (C=O) groups is 1. The minimum Gasteiger partial charge on any atom is -0.326 e. The normalized spacial score (nSPS) is 18.4. The van der Waals surface area contributed by atoms with Gasteiger partial charge in [0.2, 0.25) is 0 Å². The zero-order valence-corrected chi connectivity index (χ0v) is 9.23. The number of rotatable bonds is 0. The maximum atomic E-state index is 11.8. The van der Waals surface area contributed by atoms with Crippen molar-refractivity contribution in [1.82, 2.24) is 0 Å². The van der Waals surface area contributed by atoms with Gasteiger partial charge in [-0.25, -0.2) is 0 Å². The number of hydrogen-bond acceptors (Lipinski definition) is 2. The second kappa shape index (κ2) is 4.38. The van der Waals surface area contributed by atoms with E-state index in [4.69, 9.17) is 5.73 Å². The molecule has 1 aromatic rings. The molecule has 0 bridgehead atoms. The maximum Gasteiger partial charge on any atom is 0.302 e. The molecule has 0 saturated carbocycles. The molecular formula is C13H14N2O. The standard InChI is InChI=1S/C13H14N2O/c1-2-5-13(16)15-9-11(14)8-10-6-3-4-7-12(10)15/h3-4,6-7,11H,8-9,14H2,1H3. The minimum atomic E-state index is -0.176. The van der Waals surface area contributed by atoms with E-state index < -0.39 is 0 Å². The van der Waals surface area contributed by atoms with Crippen LogP contribution in [-0.2, 0) is 11.2 Å². The lowest BCUT2D eigenvalue weighted by atomic mass is 9.98. The summed E-state index contributed by atoms with van der Waals surface area (Å²) >= 11 is 0. The number of para-hydroxylation sites is 1. The van der Waals surface area contributed by atoms with Crippen LogP contribution in [-0.4, -0.2) is 18.5 Å². The second-order valence-electron chi connectivity index (χ2n) is 3.88. The molecular weight excluding hydrogens is 200 g/mol. The molecule has 2 N–H and O–H groups in total. The van der Waals surface area contributed by atoms with Gasteiger partial charge in [0.05, 0.1) is 0 Å². The van der Waals surface area contributed by atoms with Gasteiger partial charge in [-0.05, 0) is 30.9 Å². The van der Waals surface area contributed by atoms with Crippen molar-refractivity contribution in [3.05, 3.63) is 29.8 Å². The average Bonchev–Trinajstić information content (AvgIpc) is 2.28. The summed E-state index contributed by atoms with van der Waals surface area (Å²) in [6, 6.07) is 7.84. The molecule has 3 heteroatoms. The highest BCUT2D eigenvalue weighted by molar-refractivity contribution is 6.06. The van der Waals surface area contributed by atoms with Crippen LogP contribution in [0.1, 0.15) is 12.5 Å². The monoisotopic (exact) mass is 214 g/mol. The van der Waals surface area contributed by atoms with Gasteiger partial charge in [0.1, 0.15) is 0 Å².